The van der Waals surface area contributed by atoms with Crippen molar-refractivity contribution in [3.8, 4) is 17.0 Å². The van der Waals surface area contributed by atoms with Crippen molar-refractivity contribution < 1.29 is 4.74 Å². The molecule has 4 rings (SSSR count). The summed E-state index contributed by atoms with van der Waals surface area (Å²) in [4.78, 5) is 43.9. The van der Waals surface area contributed by atoms with E-state index in [9.17, 15) is 14.4 Å². The van der Waals surface area contributed by atoms with Crippen LogP contribution in [0.2, 0.25) is 0 Å². The molecule has 0 aliphatic heterocycles. The number of aromatic nitrogens is 4. The first-order valence-electron chi connectivity index (χ1n) is 8.20. The summed E-state index contributed by atoms with van der Waals surface area (Å²) in [6.07, 6.45) is 0. The summed E-state index contributed by atoms with van der Waals surface area (Å²) in [5, 5.41) is 1.87. The molecular weight excluding hydrogens is 348 g/mol. The molecule has 2 heterocycles. The molecule has 4 aromatic rings. The fraction of sp³-hybridized carbons (Fsp3) is 0.158. The van der Waals surface area contributed by atoms with Crippen LogP contribution in [-0.4, -0.2) is 26.2 Å². The average Bonchev–Trinajstić information content (AvgIpc) is 2.69. The minimum Gasteiger partial charge on any atom is -0.496 e. The number of nitrogens with zero attached hydrogens (tertiary/aromatic N) is 3. The average molecular weight is 364 g/mol. The first-order chi connectivity index (χ1) is 12.9. The highest BCUT2D eigenvalue weighted by Gasteiger charge is 2.20. The lowest BCUT2D eigenvalue weighted by atomic mass is 9.99. The predicted octanol–water partition coefficient (Wildman–Crippen LogP) is 1.15. The predicted molar refractivity (Wildman–Crippen MR) is 102 cm³/mol. The SMILES string of the molecule is COc1ccc2ccccc2c1-c1[nH]c(=O)nc2c1c(=O)n(C)c(=O)n2C. The maximum atomic E-state index is 12.9. The molecule has 1 N–H and O–H groups in total. The Morgan fingerprint density at radius 1 is 1.00 bits per heavy atom. The third-order valence-corrected chi connectivity index (χ3v) is 4.68. The van der Waals surface area contributed by atoms with Crippen molar-refractivity contribution in [2.75, 3.05) is 7.11 Å². The van der Waals surface area contributed by atoms with E-state index in [1.165, 1.54) is 25.8 Å². The van der Waals surface area contributed by atoms with Gasteiger partial charge >= 0.3 is 11.4 Å². The van der Waals surface area contributed by atoms with Gasteiger partial charge < -0.3 is 9.72 Å². The summed E-state index contributed by atoms with van der Waals surface area (Å²) in [7, 11) is 4.38. The summed E-state index contributed by atoms with van der Waals surface area (Å²) in [5.74, 6) is 0.493. The molecule has 0 bridgehead atoms. The van der Waals surface area contributed by atoms with Gasteiger partial charge in [0, 0.05) is 19.7 Å². The Morgan fingerprint density at radius 3 is 2.48 bits per heavy atom. The van der Waals surface area contributed by atoms with Crippen LogP contribution in [0.5, 0.6) is 5.75 Å². The molecule has 2 aromatic carbocycles. The fourth-order valence-electron chi connectivity index (χ4n) is 3.34. The van der Waals surface area contributed by atoms with Crippen molar-refractivity contribution in [2.45, 2.75) is 0 Å². The number of hydrogen-bond acceptors (Lipinski definition) is 5. The molecule has 0 aliphatic carbocycles. The van der Waals surface area contributed by atoms with Gasteiger partial charge in [-0.1, -0.05) is 30.3 Å². The number of rotatable bonds is 2. The van der Waals surface area contributed by atoms with E-state index in [0.29, 0.717) is 11.3 Å². The number of hydrogen-bond donors (Lipinski definition) is 1. The van der Waals surface area contributed by atoms with Crippen LogP contribution in [-0.2, 0) is 14.1 Å². The topological polar surface area (TPSA) is 99.0 Å². The maximum Gasteiger partial charge on any atom is 0.347 e. The number of nitrogens with one attached hydrogen (secondary N) is 1. The maximum absolute atomic E-state index is 12.9. The highest BCUT2D eigenvalue weighted by Crippen LogP contribution is 2.37. The van der Waals surface area contributed by atoms with Gasteiger partial charge in [-0.2, -0.15) is 4.98 Å². The zero-order valence-electron chi connectivity index (χ0n) is 14.9. The molecule has 0 saturated carbocycles. The van der Waals surface area contributed by atoms with Gasteiger partial charge in [0.1, 0.15) is 11.1 Å². The van der Waals surface area contributed by atoms with Crippen LogP contribution in [0, 0.1) is 0 Å². The van der Waals surface area contributed by atoms with E-state index in [1.54, 1.807) is 6.07 Å². The van der Waals surface area contributed by atoms with Gasteiger partial charge in [-0.3, -0.25) is 13.9 Å². The number of aryl methyl sites for hydroxylation is 1. The van der Waals surface area contributed by atoms with Crippen molar-refractivity contribution >= 4 is 21.8 Å². The van der Waals surface area contributed by atoms with Crippen LogP contribution in [0.25, 0.3) is 33.1 Å². The van der Waals surface area contributed by atoms with E-state index in [0.717, 1.165) is 15.3 Å². The molecular formula is C19H16N4O4. The monoisotopic (exact) mass is 364 g/mol. The summed E-state index contributed by atoms with van der Waals surface area (Å²) in [6, 6.07) is 11.2. The second-order valence-electron chi connectivity index (χ2n) is 6.19. The third kappa shape index (κ3) is 2.37. The molecule has 0 radical (unpaired) electrons. The molecule has 8 heteroatoms. The van der Waals surface area contributed by atoms with Gasteiger partial charge in [-0.05, 0) is 16.8 Å². The minimum absolute atomic E-state index is 0.0248. The Labute approximate surface area is 152 Å². The van der Waals surface area contributed by atoms with Crippen LogP contribution < -0.4 is 21.7 Å². The van der Waals surface area contributed by atoms with E-state index in [1.807, 2.05) is 30.3 Å². The van der Waals surface area contributed by atoms with Gasteiger partial charge in [0.2, 0.25) is 0 Å². The third-order valence-electron chi connectivity index (χ3n) is 4.68. The lowest BCUT2D eigenvalue weighted by molar-refractivity contribution is 0.417. The minimum atomic E-state index is -0.657. The molecule has 8 nitrogen and oxygen atoms in total. The van der Waals surface area contributed by atoms with Crippen LogP contribution in [0.1, 0.15) is 0 Å². The Hall–Kier alpha value is -3.68. The molecule has 0 unspecified atom stereocenters. The van der Waals surface area contributed by atoms with Crippen molar-refractivity contribution in [2.24, 2.45) is 14.1 Å². The van der Waals surface area contributed by atoms with E-state index < -0.39 is 16.9 Å². The standard InChI is InChI=1S/C19H16N4O4/c1-22-16-14(17(24)23(2)19(22)26)15(20-18(25)21-16)13-11-7-5-4-6-10(11)8-9-12(13)27-3/h4-9H,1-3H3,(H,20,21,25). The molecule has 0 amide bonds. The molecule has 0 fully saturated rings. The summed E-state index contributed by atoms with van der Waals surface area (Å²) in [5.41, 5.74) is -0.887. The van der Waals surface area contributed by atoms with Crippen molar-refractivity contribution in [3.63, 3.8) is 0 Å². The highest BCUT2D eigenvalue weighted by atomic mass is 16.5. The Bertz CT molecular complexity index is 1400. The normalized spacial score (nSPS) is 11.2. The quantitative estimate of drug-likeness (QED) is 0.575. The van der Waals surface area contributed by atoms with Gasteiger partial charge in [0.15, 0.2) is 5.65 Å². The summed E-state index contributed by atoms with van der Waals surface area (Å²) >= 11 is 0. The van der Waals surface area contributed by atoms with Crippen molar-refractivity contribution in [1.29, 1.82) is 0 Å². The summed E-state index contributed by atoms with van der Waals surface area (Å²) < 4.78 is 7.68. The zero-order valence-corrected chi connectivity index (χ0v) is 14.9. The van der Waals surface area contributed by atoms with E-state index in [-0.39, 0.29) is 16.7 Å². The van der Waals surface area contributed by atoms with Crippen molar-refractivity contribution in [3.05, 3.63) is 67.7 Å². The molecule has 0 spiro atoms. The highest BCUT2D eigenvalue weighted by molar-refractivity contribution is 6.04. The van der Waals surface area contributed by atoms with Crippen LogP contribution in [0.4, 0.5) is 0 Å². The Morgan fingerprint density at radius 2 is 1.74 bits per heavy atom. The van der Waals surface area contributed by atoms with E-state index in [2.05, 4.69) is 9.97 Å². The number of ether oxygens (including phenoxy) is 1. The second-order valence-corrected chi connectivity index (χ2v) is 6.19. The first kappa shape index (κ1) is 16.8. The second kappa shape index (κ2) is 5.94. The number of fused-ring (bicyclic) bond motifs is 2. The molecule has 27 heavy (non-hydrogen) atoms. The molecule has 2 aromatic heterocycles. The lowest BCUT2D eigenvalue weighted by Gasteiger charge is -2.15. The van der Waals surface area contributed by atoms with Gasteiger partial charge in [0.05, 0.1) is 12.8 Å². The molecule has 0 aliphatic rings. The number of methoxy groups -OCH3 is 1. The molecule has 136 valence electrons. The van der Waals surface area contributed by atoms with Gasteiger partial charge in [-0.15, -0.1) is 0 Å². The molecule has 0 saturated heterocycles. The van der Waals surface area contributed by atoms with Crippen molar-refractivity contribution in [1.82, 2.24) is 19.1 Å². The summed E-state index contributed by atoms with van der Waals surface area (Å²) in [6.45, 7) is 0. The van der Waals surface area contributed by atoms with Crippen LogP contribution in [0.3, 0.4) is 0 Å². The Balaban J connectivity index is 2.32. The van der Waals surface area contributed by atoms with E-state index >= 15 is 0 Å². The number of aromatic amines is 1. The van der Waals surface area contributed by atoms with Crippen LogP contribution in [0.15, 0.2) is 50.8 Å². The van der Waals surface area contributed by atoms with E-state index in [4.69, 9.17) is 4.74 Å². The molecule has 0 atom stereocenters. The van der Waals surface area contributed by atoms with Gasteiger partial charge in [-0.25, -0.2) is 9.59 Å². The number of H-pyrrole nitrogens is 1. The first-order valence-corrected chi connectivity index (χ1v) is 8.20. The lowest BCUT2D eigenvalue weighted by Crippen LogP contribution is -2.38. The smallest absolute Gasteiger partial charge is 0.347 e. The zero-order chi connectivity index (χ0) is 19.3. The van der Waals surface area contributed by atoms with Gasteiger partial charge in [0.25, 0.3) is 5.56 Å². The largest absolute Gasteiger partial charge is 0.496 e. The van der Waals surface area contributed by atoms with Crippen LogP contribution >= 0.6 is 0 Å². The fourth-order valence-corrected chi connectivity index (χ4v) is 3.34. The number of benzene rings is 2. The Kier molecular flexibility index (Phi) is 3.69.